The maximum atomic E-state index is 13.0. The van der Waals surface area contributed by atoms with Crippen LogP contribution in [0.2, 0.25) is 0 Å². The summed E-state index contributed by atoms with van der Waals surface area (Å²) < 4.78 is 5.14. The Hall–Kier alpha value is -2.87. The van der Waals surface area contributed by atoms with Gasteiger partial charge in [-0.1, -0.05) is 6.07 Å². The van der Waals surface area contributed by atoms with Crippen LogP contribution in [0.4, 0.5) is 0 Å². The van der Waals surface area contributed by atoms with Gasteiger partial charge in [-0.2, -0.15) is 0 Å². The minimum atomic E-state index is -0.0452. The lowest BCUT2D eigenvalue weighted by Crippen LogP contribution is -2.53. The molecule has 2 saturated heterocycles. The van der Waals surface area contributed by atoms with Crippen LogP contribution < -0.4 is 4.74 Å². The predicted octanol–water partition coefficient (Wildman–Crippen LogP) is 2.59. The summed E-state index contributed by atoms with van der Waals surface area (Å²) in [5.74, 6) is 0.868. The molecule has 2 aliphatic heterocycles. The fraction of sp³-hybridized carbons (Fsp3) is 0.435. The van der Waals surface area contributed by atoms with Crippen molar-refractivity contribution in [2.24, 2.45) is 5.92 Å². The Bertz CT molecular complexity index is 913. The summed E-state index contributed by atoms with van der Waals surface area (Å²) >= 11 is 1.45. The number of amides is 3. The third-order valence-electron chi connectivity index (χ3n) is 6.08. The van der Waals surface area contributed by atoms with Crippen LogP contribution in [0.5, 0.6) is 5.75 Å². The van der Waals surface area contributed by atoms with Crippen LogP contribution in [0.3, 0.4) is 0 Å². The summed E-state index contributed by atoms with van der Waals surface area (Å²) in [7, 11) is 1.60. The maximum absolute atomic E-state index is 13.0. The Kier molecular flexibility index (Phi) is 6.56. The van der Waals surface area contributed by atoms with Crippen LogP contribution in [-0.2, 0) is 4.79 Å². The summed E-state index contributed by atoms with van der Waals surface area (Å²) in [6, 6.07) is 10.8. The summed E-state index contributed by atoms with van der Waals surface area (Å²) in [6.45, 7) is 3.40. The lowest BCUT2D eigenvalue weighted by molar-refractivity contribution is -0.138. The number of methoxy groups -OCH3 is 1. The summed E-state index contributed by atoms with van der Waals surface area (Å²) in [6.07, 6.45) is 1.39. The maximum Gasteiger partial charge on any atom is 0.263 e. The molecule has 0 atom stereocenters. The van der Waals surface area contributed by atoms with E-state index in [1.54, 1.807) is 36.3 Å². The monoisotopic (exact) mass is 441 g/mol. The number of hydrogen-bond donors (Lipinski definition) is 0. The number of piperidine rings is 1. The van der Waals surface area contributed by atoms with E-state index in [-0.39, 0.29) is 23.6 Å². The topological polar surface area (TPSA) is 70.2 Å². The first-order valence-corrected chi connectivity index (χ1v) is 11.5. The smallest absolute Gasteiger partial charge is 0.263 e. The number of thiophene rings is 1. The summed E-state index contributed by atoms with van der Waals surface area (Å²) in [5.41, 5.74) is 0.628. The second kappa shape index (κ2) is 9.51. The Morgan fingerprint density at radius 2 is 1.45 bits per heavy atom. The van der Waals surface area contributed by atoms with E-state index < -0.39 is 0 Å². The first-order valence-electron chi connectivity index (χ1n) is 10.6. The highest BCUT2D eigenvalue weighted by Gasteiger charge is 2.33. The molecule has 8 heteroatoms. The Labute approximate surface area is 186 Å². The van der Waals surface area contributed by atoms with Crippen molar-refractivity contribution in [2.75, 3.05) is 46.4 Å². The van der Waals surface area contributed by atoms with Crippen molar-refractivity contribution in [3.63, 3.8) is 0 Å². The number of carbonyl (C=O) groups excluding carboxylic acids is 3. The minimum absolute atomic E-state index is 0.0184. The molecule has 0 aliphatic carbocycles. The highest BCUT2D eigenvalue weighted by molar-refractivity contribution is 7.12. The van der Waals surface area contributed by atoms with E-state index >= 15 is 0 Å². The molecule has 31 heavy (non-hydrogen) atoms. The van der Waals surface area contributed by atoms with E-state index in [1.807, 2.05) is 27.3 Å². The Morgan fingerprint density at radius 3 is 2.03 bits per heavy atom. The van der Waals surface area contributed by atoms with Gasteiger partial charge in [-0.25, -0.2) is 0 Å². The van der Waals surface area contributed by atoms with Crippen molar-refractivity contribution < 1.29 is 19.1 Å². The standard InChI is InChI=1S/C23H27N3O4S/c1-30-19-6-4-17(5-7-19)21(27)25-12-14-26(15-13-25)22(28)18-8-10-24(11-9-18)23(29)20-3-2-16-31-20/h2-7,16,18H,8-15H2,1H3. The van der Waals surface area contributed by atoms with Gasteiger partial charge >= 0.3 is 0 Å². The SMILES string of the molecule is COc1ccc(C(=O)N2CCN(C(=O)C3CCN(C(=O)c4cccs4)CC3)CC2)cc1. The molecule has 2 fully saturated rings. The van der Waals surface area contributed by atoms with Gasteiger partial charge in [0.05, 0.1) is 12.0 Å². The second-order valence-corrected chi connectivity index (χ2v) is 8.84. The largest absolute Gasteiger partial charge is 0.497 e. The average molecular weight is 442 g/mol. The molecule has 1 aromatic heterocycles. The molecular formula is C23H27N3O4S. The fourth-order valence-electron chi connectivity index (χ4n) is 4.19. The van der Waals surface area contributed by atoms with Gasteiger partial charge in [-0.3, -0.25) is 14.4 Å². The average Bonchev–Trinajstić information content (AvgIpc) is 3.38. The van der Waals surface area contributed by atoms with E-state index in [2.05, 4.69) is 0 Å². The molecule has 7 nitrogen and oxygen atoms in total. The molecule has 0 bridgehead atoms. The molecule has 164 valence electrons. The predicted molar refractivity (Wildman–Crippen MR) is 118 cm³/mol. The molecule has 3 heterocycles. The van der Waals surface area contributed by atoms with Crippen LogP contribution >= 0.6 is 11.3 Å². The van der Waals surface area contributed by atoms with Gasteiger partial charge in [-0.05, 0) is 48.6 Å². The van der Waals surface area contributed by atoms with Gasteiger partial charge in [0.25, 0.3) is 11.8 Å². The molecule has 0 radical (unpaired) electrons. The van der Waals surface area contributed by atoms with Crippen molar-refractivity contribution in [3.8, 4) is 5.75 Å². The van der Waals surface area contributed by atoms with Crippen molar-refractivity contribution in [3.05, 3.63) is 52.2 Å². The number of likely N-dealkylation sites (tertiary alicyclic amines) is 1. The molecule has 0 unspecified atom stereocenters. The van der Waals surface area contributed by atoms with Gasteiger partial charge in [0.2, 0.25) is 5.91 Å². The van der Waals surface area contributed by atoms with Gasteiger partial charge in [0.15, 0.2) is 0 Å². The lowest BCUT2D eigenvalue weighted by Gasteiger charge is -2.38. The third kappa shape index (κ3) is 4.74. The molecule has 2 aliphatic rings. The highest BCUT2D eigenvalue weighted by atomic mass is 32.1. The van der Waals surface area contributed by atoms with Gasteiger partial charge in [-0.15, -0.1) is 11.3 Å². The second-order valence-electron chi connectivity index (χ2n) is 7.89. The molecule has 1 aromatic carbocycles. The molecule has 0 N–H and O–H groups in total. The first kappa shape index (κ1) is 21.4. The number of benzene rings is 1. The number of nitrogens with zero attached hydrogens (tertiary/aromatic N) is 3. The normalized spacial score (nSPS) is 17.5. The van der Waals surface area contributed by atoms with Crippen molar-refractivity contribution in [2.45, 2.75) is 12.8 Å². The van der Waals surface area contributed by atoms with E-state index in [4.69, 9.17) is 4.74 Å². The third-order valence-corrected chi connectivity index (χ3v) is 6.94. The van der Waals surface area contributed by atoms with Crippen molar-refractivity contribution in [1.29, 1.82) is 0 Å². The van der Waals surface area contributed by atoms with E-state index in [0.717, 1.165) is 10.6 Å². The summed E-state index contributed by atoms with van der Waals surface area (Å²) in [4.78, 5) is 44.5. The van der Waals surface area contributed by atoms with Crippen LogP contribution in [-0.4, -0.2) is 78.8 Å². The molecule has 2 aromatic rings. The van der Waals surface area contributed by atoms with E-state index in [9.17, 15) is 14.4 Å². The number of carbonyl (C=O) groups is 3. The van der Waals surface area contributed by atoms with E-state index in [0.29, 0.717) is 57.7 Å². The molecule has 4 rings (SSSR count). The van der Waals surface area contributed by atoms with Gasteiger partial charge in [0.1, 0.15) is 5.75 Å². The Balaban J connectivity index is 1.25. The molecular weight excluding hydrogens is 414 g/mol. The van der Waals surface area contributed by atoms with Crippen LogP contribution in [0.25, 0.3) is 0 Å². The summed E-state index contributed by atoms with van der Waals surface area (Å²) in [5, 5.41) is 1.91. The van der Waals surface area contributed by atoms with Crippen LogP contribution in [0, 0.1) is 5.92 Å². The zero-order chi connectivity index (χ0) is 21.8. The minimum Gasteiger partial charge on any atom is -0.497 e. The number of hydrogen-bond acceptors (Lipinski definition) is 5. The highest BCUT2D eigenvalue weighted by Crippen LogP contribution is 2.23. The van der Waals surface area contributed by atoms with E-state index in [1.165, 1.54) is 11.3 Å². The lowest BCUT2D eigenvalue weighted by atomic mass is 9.94. The number of rotatable bonds is 4. The molecule has 0 spiro atoms. The quantitative estimate of drug-likeness (QED) is 0.731. The van der Waals surface area contributed by atoms with Crippen molar-refractivity contribution in [1.82, 2.24) is 14.7 Å². The Morgan fingerprint density at radius 1 is 0.839 bits per heavy atom. The molecule has 3 amide bonds. The van der Waals surface area contributed by atoms with Gasteiger partial charge in [0, 0.05) is 50.7 Å². The fourth-order valence-corrected chi connectivity index (χ4v) is 4.88. The first-order chi connectivity index (χ1) is 15.1. The van der Waals surface area contributed by atoms with Crippen molar-refractivity contribution >= 4 is 29.1 Å². The zero-order valence-electron chi connectivity index (χ0n) is 17.7. The molecule has 0 saturated carbocycles. The van der Waals surface area contributed by atoms with Crippen LogP contribution in [0.1, 0.15) is 32.9 Å². The number of ether oxygens (including phenoxy) is 1. The zero-order valence-corrected chi connectivity index (χ0v) is 18.5. The van der Waals surface area contributed by atoms with Crippen LogP contribution in [0.15, 0.2) is 41.8 Å². The number of piperazine rings is 1. The van der Waals surface area contributed by atoms with Gasteiger partial charge < -0.3 is 19.4 Å².